The number of hydrogen-bond acceptors (Lipinski definition) is 4. The molecule has 0 saturated carbocycles. The maximum Gasteiger partial charge on any atom is 0.209 e. The van der Waals surface area contributed by atoms with Crippen molar-refractivity contribution in [3.63, 3.8) is 0 Å². The van der Waals surface area contributed by atoms with Gasteiger partial charge < -0.3 is 5.32 Å². The first-order chi connectivity index (χ1) is 10.3. The number of halogens is 1. The van der Waals surface area contributed by atoms with Crippen LogP contribution in [0.15, 0.2) is 35.5 Å². The van der Waals surface area contributed by atoms with E-state index in [-0.39, 0.29) is 0 Å². The minimum Gasteiger partial charge on any atom is -0.343 e. The Kier molecular flexibility index (Phi) is 6.72. The number of rotatable bonds is 8. The van der Waals surface area contributed by atoms with Gasteiger partial charge in [-0.2, -0.15) is 0 Å². The van der Waals surface area contributed by atoms with Gasteiger partial charge in [0.1, 0.15) is 0 Å². The Morgan fingerprint density at radius 3 is 2.86 bits per heavy atom. The molecular weight excluding hydrogens is 306 g/mol. The molecule has 0 amide bonds. The van der Waals surface area contributed by atoms with Crippen molar-refractivity contribution >= 4 is 29.4 Å². The highest BCUT2D eigenvalue weighted by atomic mass is 35.5. The van der Waals surface area contributed by atoms with E-state index in [4.69, 9.17) is 11.6 Å². The third-order valence-electron chi connectivity index (χ3n) is 2.85. The van der Waals surface area contributed by atoms with Crippen molar-refractivity contribution in [2.75, 3.05) is 18.8 Å². The first-order valence-electron chi connectivity index (χ1n) is 6.84. The van der Waals surface area contributed by atoms with Crippen molar-refractivity contribution in [3.05, 3.63) is 40.9 Å². The van der Waals surface area contributed by atoms with Gasteiger partial charge in [0.2, 0.25) is 5.16 Å². The van der Waals surface area contributed by atoms with Crippen LogP contribution >= 0.6 is 23.4 Å². The summed E-state index contributed by atoms with van der Waals surface area (Å²) in [6, 6.07) is 7.85. The molecule has 5 nitrogen and oxygen atoms in total. The van der Waals surface area contributed by atoms with Crippen LogP contribution in [-0.4, -0.2) is 39.0 Å². The maximum absolute atomic E-state index is 5.84. The Labute approximate surface area is 133 Å². The van der Waals surface area contributed by atoms with Gasteiger partial charge >= 0.3 is 0 Å². The van der Waals surface area contributed by atoms with Gasteiger partial charge in [-0.05, 0) is 34.2 Å². The van der Waals surface area contributed by atoms with Crippen molar-refractivity contribution < 1.29 is 5.32 Å². The molecule has 0 spiro atoms. The van der Waals surface area contributed by atoms with Gasteiger partial charge in [0, 0.05) is 24.2 Å². The van der Waals surface area contributed by atoms with E-state index in [2.05, 4.69) is 33.0 Å². The highest BCUT2D eigenvalue weighted by molar-refractivity contribution is 7.99. The minimum absolute atomic E-state index is 0.773. The number of nitrogens with zero attached hydrogens (tertiary/aromatic N) is 4. The van der Waals surface area contributed by atoms with Crippen LogP contribution in [0.1, 0.15) is 12.0 Å². The second kappa shape index (κ2) is 8.81. The number of hydrogen-bond donors (Lipinski definition) is 1. The van der Waals surface area contributed by atoms with Gasteiger partial charge in [0.25, 0.3) is 0 Å². The lowest BCUT2D eigenvalue weighted by molar-refractivity contribution is -0.645. The molecule has 1 aromatic heterocycles. The number of aromatic nitrogens is 4. The van der Waals surface area contributed by atoms with E-state index >= 15 is 0 Å². The topological polar surface area (TPSA) is 60.2 Å². The lowest BCUT2D eigenvalue weighted by Crippen LogP contribution is -2.84. The summed E-state index contributed by atoms with van der Waals surface area (Å²) in [6.45, 7) is 2.09. The van der Waals surface area contributed by atoms with Crippen molar-refractivity contribution in [2.24, 2.45) is 7.05 Å². The molecule has 0 atom stereocenters. The van der Waals surface area contributed by atoms with E-state index < -0.39 is 0 Å². The van der Waals surface area contributed by atoms with E-state index in [1.165, 1.54) is 5.56 Å². The molecule has 0 fully saturated rings. The normalized spacial score (nSPS) is 11.3. The summed E-state index contributed by atoms with van der Waals surface area (Å²) in [5.74, 6) is 1.03. The molecule has 0 unspecified atom stereocenters. The average molecular weight is 325 g/mol. The van der Waals surface area contributed by atoms with Crippen LogP contribution in [0.4, 0.5) is 0 Å². The van der Waals surface area contributed by atoms with Gasteiger partial charge in [0.15, 0.2) is 0 Å². The number of aryl methyl sites for hydroxylation is 1. The summed E-state index contributed by atoms with van der Waals surface area (Å²) in [5, 5.41) is 15.3. The van der Waals surface area contributed by atoms with Crippen LogP contribution in [0.25, 0.3) is 6.08 Å². The quantitative estimate of drug-likeness (QED) is 0.592. The summed E-state index contributed by atoms with van der Waals surface area (Å²) in [5.41, 5.74) is 1.18. The van der Waals surface area contributed by atoms with Crippen molar-refractivity contribution in [2.45, 2.75) is 11.6 Å². The molecule has 0 saturated heterocycles. The molecule has 0 aliphatic carbocycles. The first kappa shape index (κ1) is 16.0. The molecule has 1 heterocycles. The molecule has 0 aliphatic rings. The van der Waals surface area contributed by atoms with Crippen molar-refractivity contribution in [3.8, 4) is 0 Å². The summed E-state index contributed by atoms with van der Waals surface area (Å²) in [4.78, 5) is 0. The van der Waals surface area contributed by atoms with Crippen molar-refractivity contribution in [1.82, 2.24) is 20.2 Å². The number of tetrazole rings is 1. The van der Waals surface area contributed by atoms with Crippen LogP contribution in [0, 0.1) is 0 Å². The van der Waals surface area contributed by atoms with E-state index in [1.807, 2.05) is 31.3 Å². The van der Waals surface area contributed by atoms with Gasteiger partial charge in [-0.25, -0.2) is 4.68 Å². The fourth-order valence-corrected chi connectivity index (χ4v) is 2.66. The zero-order valence-corrected chi connectivity index (χ0v) is 13.5. The second-order valence-corrected chi connectivity index (χ2v) is 6.05. The molecular formula is C14H19ClN5S+. The lowest BCUT2D eigenvalue weighted by Gasteiger charge is -1.99. The Balaban J connectivity index is 1.54. The van der Waals surface area contributed by atoms with Crippen LogP contribution in [0.5, 0.6) is 0 Å². The zero-order chi connectivity index (χ0) is 14.9. The van der Waals surface area contributed by atoms with Gasteiger partial charge in [-0.1, -0.05) is 41.6 Å². The Bertz CT molecular complexity index is 567. The van der Waals surface area contributed by atoms with Crippen LogP contribution in [0.2, 0.25) is 5.02 Å². The fourth-order valence-electron chi connectivity index (χ4n) is 1.73. The van der Waals surface area contributed by atoms with E-state index in [9.17, 15) is 0 Å². The highest BCUT2D eigenvalue weighted by Gasteiger charge is 2.01. The zero-order valence-electron chi connectivity index (χ0n) is 11.9. The summed E-state index contributed by atoms with van der Waals surface area (Å²) >= 11 is 7.54. The van der Waals surface area contributed by atoms with E-state index in [0.29, 0.717) is 0 Å². The molecule has 2 N–H and O–H groups in total. The molecule has 112 valence electrons. The third kappa shape index (κ3) is 5.87. The second-order valence-electron chi connectivity index (χ2n) is 4.55. The first-order valence-corrected chi connectivity index (χ1v) is 8.21. The van der Waals surface area contributed by atoms with Crippen LogP contribution in [0.3, 0.4) is 0 Å². The van der Waals surface area contributed by atoms with Gasteiger partial charge in [-0.15, -0.1) is 5.10 Å². The molecule has 0 radical (unpaired) electrons. The van der Waals surface area contributed by atoms with E-state index in [0.717, 1.165) is 35.4 Å². The maximum atomic E-state index is 5.84. The summed E-state index contributed by atoms with van der Waals surface area (Å²) in [6.07, 6.45) is 5.42. The summed E-state index contributed by atoms with van der Waals surface area (Å²) < 4.78 is 1.70. The predicted molar refractivity (Wildman–Crippen MR) is 86.3 cm³/mol. The monoisotopic (exact) mass is 324 g/mol. The van der Waals surface area contributed by atoms with Crippen LogP contribution in [-0.2, 0) is 7.05 Å². The van der Waals surface area contributed by atoms with E-state index in [1.54, 1.807) is 16.4 Å². The van der Waals surface area contributed by atoms with Crippen LogP contribution < -0.4 is 5.32 Å². The minimum atomic E-state index is 0.773. The predicted octanol–water partition coefficient (Wildman–Crippen LogP) is 1.62. The number of nitrogens with two attached hydrogens (primary N) is 1. The largest absolute Gasteiger partial charge is 0.343 e. The third-order valence-corrected chi connectivity index (χ3v) is 4.20. The standard InChI is InChI=1S/C14H18ClN5S/c1-20-14(17-18-19-20)21-11-3-10-16-9-2-4-12-5-7-13(15)8-6-12/h2,4-8,16H,3,9-11H2,1H3/p+1/b4-2+. The molecule has 21 heavy (non-hydrogen) atoms. The highest BCUT2D eigenvalue weighted by Crippen LogP contribution is 2.12. The molecule has 1 aromatic carbocycles. The number of benzene rings is 1. The summed E-state index contributed by atoms with van der Waals surface area (Å²) in [7, 11) is 1.86. The molecule has 0 aliphatic heterocycles. The Morgan fingerprint density at radius 1 is 1.33 bits per heavy atom. The SMILES string of the molecule is Cn1nnnc1SCCC[NH2+]C/C=C/c1ccc(Cl)cc1. The molecule has 2 rings (SSSR count). The van der Waals surface area contributed by atoms with Gasteiger partial charge in [0.05, 0.1) is 13.1 Å². The Hall–Kier alpha value is -1.37. The smallest absolute Gasteiger partial charge is 0.209 e. The molecule has 0 bridgehead atoms. The Morgan fingerprint density at radius 2 is 2.14 bits per heavy atom. The number of thioether (sulfide) groups is 1. The van der Waals surface area contributed by atoms with Gasteiger partial charge in [-0.3, -0.25) is 0 Å². The fraction of sp³-hybridized carbons (Fsp3) is 0.357. The average Bonchev–Trinajstić information content (AvgIpc) is 2.89. The van der Waals surface area contributed by atoms with Crippen molar-refractivity contribution in [1.29, 1.82) is 0 Å². The number of quaternary nitrogens is 1. The molecule has 2 aromatic rings. The molecule has 7 heteroatoms. The lowest BCUT2D eigenvalue weighted by atomic mass is 10.2.